The van der Waals surface area contributed by atoms with E-state index in [-0.39, 0.29) is 5.56 Å². The number of halogens is 1. The fourth-order valence-corrected chi connectivity index (χ4v) is 2.41. The Hall–Kier alpha value is -2.39. The first-order chi connectivity index (χ1) is 9.92. The highest BCUT2D eigenvalue weighted by Gasteiger charge is 2.14. The summed E-state index contributed by atoms with van der Waals surface area (Å²) in [6.07, 6.45) is 0. The number of nitrogens with zero attached hydrogens (tertiary/aromatic N) is 1. The Morgan fingerprint density at radius 1 is 1.33 bits per heavy atom. The highest BCUT2D eigenvalue weighted by Crippen LogP contribution is 2.33. The van der Waals surface area contributed by atoms with Crippen molar-refractivity contribution in [2.24, 2.45) is 0 Å². The third-order valence-corrected chi connectivity index (χ3v) is 3.46. The Balaban J connectivity index is 2.70. The number of nitriles is 1. The van der Waals surface area contributed by atoms with Gasteiger partial charge in [0.15, 0.2) is 0 Å². The van der Waals surface area contributed by atoms with Gasteiger partial charge in [0.1, 0.15) is 17.4 Å². The molecule has 0 spiro atoms. The minimum atomic E-state index is -0.447. The van der Waals surface area contributed by atoms with Crippen molar-refractivity contribution in [3.63, 3.8) is 0 Å². The zero-order valence-corrected chi connectivity index (χ0v) is 12.9. The summed E-state index contributed by atoms with van der Waals surface area (Å²) >= 11 is 3.38. The first kappa shape index (κ1) is 15.0. The van der Waals surface area contributed by atoms with Gasteiger partial charge < -0.3 is 9.72 Å². The van der Waals surface area contributed by atoms with Gasteiger partial charge in [0, 0.05) is 28.2 Å². The van der Waals surface area contributed by atoms with Crippen LogP contribution in [0.4, 0.5) is 0 Å². The molecule has 0 atom stereocenters. The number of aromatic nitrogens is 1. The molecule has 0 saturated carbocycles. The molecule has 0 aliphatic heterocycles. The van der Waals surface area contributed by atoms with Crippen molar-refractivity contribution >= 4 is 21.9 Å². The van der Waals surface area contributed by atoms with E-state index in [4.69, 9.17) is 4.74 Å². The molecule has 5 nitrogen and oxygen atoms in total. The number of H-pyrrole nitrogens is 1. The second-order valence-electron chi connectivity index (χ2n) is 4.42. The molecule has 0 amide bonds. The third-order valence-electron chi connectivity index (χ3n) is 2.77. The number of rotatable bonds is 2. The number of ether oxygens (including phenoxy) is 1. The van der Waals surface area contributed by atoms with E-state index >= 15 is 0 Å². The summed E-state index contributed by atoms with van der Waals surface area (Å²) in [4.78, 5) is 25.5. The molecule has 1 aromatic heterocycles. The molecular formula is C15H11BrN2O3. The number of hydrogen-bond acceptors (Lipinski definition) is 4. The van der Waals surface area contributed by atoms with E-state index in [9.17, 15) is 14.9 Å². The fraction of sp³-hybridized carbons (Fsp3) is 0.133. The molecule has 6 heteroatoms. The first-order valence-electron chi connectivity index (χ1n) is 6.04. The Bertz CT molecular complexity index is 819. The molecule has 0 fully saturated rings. The molecule has 1 aromatic carbocycles. The lowest BCUT2D eigenvalue weighted by atomic mass is 10.0. The van der Waals surface area contributed by atoms with Crippen LogP contribution in [-0.4, -0.2) is 11.0 Å². The monoisotopic (exact) mass is 346 g/mol. The standard InChI is InChI=1S/C15H11BrN2O3/c1-8-5-11(13(7-17)15(20)18-8)12-6-10(21-9(2)19)3-4-14(12)16/h3-6H,1-2H3,(H,18,20). The van der Waals surface area contributed by atoms with E-state index in [1.165, 1.54) is 6.92 Å². The average Bonchev–Trinajstić information content (AvgIpc) is 2.39. The Labute approximate surface area is 129 Å². The van der Waals surface area contributed by atoms with Gasteiger partial charge in [-0.3, -0.25) is 9.59 Å². The van der Waals surface area contributed by atoms with Crippen LogP contribution in [0.3, 0.4) is 0 Å². The summed E-state index contributed by atoms with van der Waals surface area (Å²) < 4.78 is 5.73. The predicted octanol–water partition coefficient (Wildman–Crippen LogP) is 2.91. The number of nitrogens with one attached hydrogen (secondary N) is 1. The molecule has 0 saturated heterocycles. The van der Waals surface area contributed by atoms with Gasteiger partial charge >= 0.3 is 5.97 Å². The summed E-state index contributed by atoms with van der Waals surface area (Å²) in [6, 6.07) is 8.55. The summed E-state index contributed by atoms with van der Waals surface area (Å²) in [5.41, 5.74) is 1.30. The highest BCUT2D eigenvalue weighted by molar-refractivity contribution is 9.10. The van der Waals surface area contributed by atoms with Crippen LogP contribution in [0.15, 0.2) is 33.5 Å². The van der Waals surface area contributed by atoms with Crippen LogP contribution in [-0.2, 0) is 4.79 Å². The average molecular weight is 347 g/mol. The zero-order chi connectivity index (χ0) is 15.6. The summed E-state index contributed by atoms with van der Waals surface area (Å²) in [6.45, 7) is 3.04. The summed E-state index contributed by atoms with van der Waals surface area (Å²) in [5, 5.41) is 9.19. The second kappa shape index (κ2) is 5.94. The van der Waals surface area contributed by atoms with E-state index in [1.807, 2.05) is 6.07 Å². The lowest BCUT2D eigenvalue weighted by molar-refractivity contribution is -0.131. The molecule has 0 aliphatic carbocycles. The van der Waals surface area contributed by atoms with Gasteiger partial charge in [-0.25, -0.2) is 0 Å². The van der Waals surface area contributed by atoms with Crippen LogP contribution >= 0.6 is 15.9 Å². The van der Waals surface area contributed by atoms with Crippen molar-refractivity contribution in [3.05, 3.63) is 50.3 Å². The van der Waals surface area contributed by atoms with Gasteiger partial charge in [-0.15, -0.1) is 0 Å². The Morgan fingerprint density at radius 2 is 2.05 bits per heavy atom. The van der Waals surface area contributed by atoms with E-state index in [0.717, 1.165) is 0 Å². The number of esters is 1. The van der Waals surface area contributed by atoms with Gasteiger partial charge in [0.2, 0.25) is 0 Å². The SMILES string of the molecule is CC(=O)Oc1ccc(Br)c(-c2cc(C)[nH]c(=O)c2C#N)c1. The maximum Gasteiger partial charge on any atom is 0.308 e. The number of carbonyl (C=O) groups excluding carboxylic acids is 1. The Kier molecular flexibility index (Phi) is 4.24. The molecule has 106 valence electrons. The fourth-order valence-electron chi connectivity index (χ4n) is 1.95. The Morgan fingerprint density at radius 3 is 2.67 bits per heavy atom. The van der Waals surface area contributed by atoms with E-state index in [1.54, 1.807) is 31.2 Å². The first-order valence-corrected chi connectivity index (χ1v) is 6.84. The summed E-state index contributed by atoms with van der Waals surface area (Å²) in [5.74, 6) is -0.0895. The zero-order valence-electron chi connectivity index (χ0n) is 11.4. The molecule has 21 heavy (non-hydrogen) atoms. The number of aromatic amines is 1. The van der Waals surface area contributed by atoms with Gasteiger partial charge in [-0.1, -0.05) is 15.9 Å². The molecular weight excluding hydrogens is 336 g/mol. The van der Waals surface area contributed by atoms with Crippen LogP contribution in [0.5, 0.6) is 5.75 Å². The van der Waals surface area contributed by atoms with Crippen LogP contribution < -0.4 is 10.3 Å². The summed E-state index contributed by atoms with van der Waals surface area (Å²) in [7, 11) is 0. The van der Waals surface area contributed by atoms with Gasteiger partial charge in [0.05, 0.1) is 0 Å². The van der Waals surface area contributed by atoms with Crippen molar-refractivity contribution < 1.29 is 9.53 Å². The smallest absolute Gasteiger partial charge is 0.308 e. The van der Waals surface area contributed by atoms with Crippen LogP contribution in [0.2, 0.25) is 0 Å². The minimum absolute atomic E-state index is 0.0151. The lowest BCUT2D eigenvalue weighted by Crippen LogP contribution is -2.13. The van der Waals surface area contributed by atoms with Crippen LogP contribution in [0.25, 0.3) is 11.1 Å². The quantitative estimate of drug-likeness (QED) is 0.669. The maximum absolute atomic E-state index is 11.9. The number of aryl methyl sites for hydroxylation is 1. The molecule has 0 aliphatic rings. The van der Waals surface area contributed by atoms with Crippen LogP contribution in [0.1, 0.15) is 18.2 Å². The number of hydrogen-bond donors (Lipinski definition) is 1. The third kappa shape index (κ3) is 3.20. The minimum Gasteiger partial charge on any atom is -0.427 e. The lowest BCUT2D eigenvalue weighted by Gasteiger charge is -2.10. The normalized spacial score (nSPS) is 10.0. The van der Waals surface area contributed by atoms with Gasteiger partial charge in [-0.2, -0.15) is 5.26 Å². The van der Waals surface area contributed by atoms with Crippen molar-refractivity contribution in [1.82, 2.24) is 4.98 Å². The van der Waals surface area contributed by atoms with Gasteiger partial charge in [0.25, 0.3) is 5.56 Å². The van der Waals surface area contributed by atoms with Crippen molar-refractivity contribution in [3.8, 4) is 22.9 Å². The molecule has 1 heterocycles. The molecule has 0 unspecified atom stereocenters. The number of benzene rings is 1. The highest BCUT2D eigenvalue weighted by atomic mass is 79.9. The van der Waals surface area contributed by atoms with E-state index in [0.29, 0.717) is 27.0 Å². The largest absolute Gasteiger partial charge is 0.427 e. The number of pyridine rings is 1. The number of carbonyl (C=O) groups is 1. The van der Waals surface area contributed by atoms with E-state index in [2.05, 4.69) is 20.9 Å². The maximum atomic E-state index is 11.9. The van der Waals surface area contributed by atoms with E-state index < -0.39 is 11.5 Å². The van der Waals surface area contributed by atoms with Crippen LogP contribution in [0, 0.1) is 18.3 Å². The van der Waals surface area contributed by atoms with Crippen molar-refractivity contribution in [1.29, 1.82) is 5.26 Å². The predicted molar refractivity (Wildman–Crippen MR) is 81.0 cm³/mol. The van der Waals surface area contributed by atoms with Crippen molar-refractivity contribution in [2.75, 3.05) is 0 Å². The molecule has 1 N–H and O–H groups in total. The van der Waals surface area contributed by atoms with Crippen molar-refractivity contribution in [2.45, 2.75) is 13.8 Å². The van der Waals surface area contributed by atoms with Gasteiger partial charge in [-0.05, 0) is 31.2 Å². The molecule has 2 aromatic rings. The molecule has 0 bridgehead atoms. The molecule has 2 rings (SSSR count). The second-order valence-corrected chi connectivity index (χ2v) is 5.27. The molecule has 0 radical (unpaired) electrons. The topological polar surface area (TPSA) is 83.0 Å².